The number of hydrogen-bond acceptors (Lipinski definition) is 7. The maximum atomic E-state index is 12.0. The number of nitrogens with two attached hydrogens (primary N) is 1. The highest BCUT2D eigenvalue weighted by Crippen LogP contribution is 2.26. The van der Waals surface area contributed by atoms with Crippen molar-refractivity contribution in [2.75, 3.05) is 38.5 Å². The van der Waals surface area contributed by atoms with E-state index >= 15 is 0 Å². The van der Waals surface area contributed by atoms with Crippen molar-refractivity contribution in [3.05, 3.63) is 27.7 Å². The fraction of sp³-hybridized carbons (Fsp3) is 0.579. The Morgan fingerprint density at radius 3 is 2.37 bits per heavy atom. The second-order valence-electron chi connectivity index (χ2n) is 7.59. The molecule has 0 radical (unpaired) electrons. The fourth-order valence-electron chi connectivity index (χ4n) is 2.62. The van der Waals surface area contributed by atoms with Crippen LogP contribution >= 0.6 is 15.9 Å². The summed E-state index contributed by atoms with van der Waals surface area (Å²) in [6.07, 6.45) is 0. The number of piperazine rings is 1. The first kappa shape index (κ1) is 21.7. The minimum absolute atomic E-state index is 0.221. The smallest absolute Gasteiger partial charge is 0.340 e. The van der Waals surface area contributed by atoms with Crippen molar-refractivity contribution in [1.29, 1.82) is 0 Å². The van der Waals surface area contributed by atoms with Gasteiger partial charge in [0.15, 0.2) is 0 Å². The number of hydroxylamine groups is 2. The minimum atomic E-state index is -0.514. The van der Waals surface area contributed by atoms with Gasteiger partial charge in [-0.1, -0.05) is 15.9 Å². The molecule has 1 aromatic rings. The van der Waals surface area contributed by atoms with E-state index in [4.69, 9.17) is 15.3 Å². The summed E-state index contributed by atoms with van der Waals surface area (Å²) in [6, 6.07) is 3.52. The minimum Gasteiger partial charge on any atom is -0.462 e. The van der Waals surface area contributed by atoms with Crippen LogP contribution in [0.25, 0.3) is 0 Å². The highest BCUT2D eigenvalue weighted by Gasteiger charge is 2.28. The van der Waals surface area contributed by atoms with Crippen LogP contribution in [-0.2, 0) is 20.9 Å². The highest BCUT2D eigenvalue weighted by atomic mass is 79.9. The van der Waals surface area contributed by atoms with Crippen LogP contribution in [0.4, 0.5) is 5.69 Å². The molecule has 0 amide bonds. The van der Waals surface area contributed by atoms with Gasteiger partial charge in [-0.05, 0) is 45.4 Å². The van der Waals surface area contributed by atoms with Crippen LogP contribution in [0.2, 0.25) is 0 Å². The summed E-state index contributed by atoms with van der Waals surface area (Å²) < 4.78 is 5.84. The maximum absolute atomic E-state index is 12.0. The van der Waals surface area contributed by atoms with Crippen LogP contribution in [-0.4, -0.2) is 54.7 Å². The number of carbonyl (C=O) groups is 2. The van der Waals surface area contributed by atoms with Crippen molar-refractivity contribution in [3.63, 3.8) is 0 Å². The molecule has 0 spiro atoms. The lowest BCUT2D eigenvalue weighted by Gasteiger charge is -2.34. The molecule has 1 aliphatic rings. The number of esters is 1. The number of nitrogens with zero attached hydrogens (tertiary/aromatic N) is 2. The SMILES string of the molecule is CCOC(=O)c1cc(Br)c(CN2CCN(OC(=O)C(C)(C)C)CC2)cc1N. The molecule has 1 fully saturated rings. The molecule has 27 heavy (non-hydrogen) atoms. The van der Waals surface area contributed by atoms with Crippen molar-refractivity contribution < 1.29 is 19.2 Å². The number of halogens is 1. The third-order valence-corrected chi connectivity index (χ3v) is 5.00. The molecule has 2 N–H and O–H groups in total. The number of nitrogen functional groups attached to an aromatic ring is 1. The molecule has 8 heteroatoms. The summed E-state index contributed by atoms with van der Waals surface area (Å²) >= 11 is 3.52. The van der Waals surface area contributed by atoms with E-state index in [9.17, 15) is 9.59 Å². The standard InChI is InChI=1S/C19H28BrN3O4/c1-5-26-17(24)14-11-15(20)13(10-16(14)21)12-22-6-8-23(9-7-22)27-18(25)19(2,3)4/h10-11H,5-9,12,21H2,1-4H3. The summed E-state index contributed by atoms with van der Waals surface area (Å²) in [5, 5.41) is 1.72. The number of ether oxygens (including phenoxy) is 1. The lowest BCUT2D eigenvalue weighted by molar-refractivity contribution is -0.207. The zero-order valence-electron chi connectivity index (χ0n) is 16.4. The summed E-state index contributed by atoms with van der Waals surface area (Å²) in [5.41, 5.74) is 7.30. The third-order valence-electron chi connectivity index (χ3n) is 4.26. The van der Waals surface area contributed by atoms with Gasteiger partial charge in [-0.2, -0.15) is 0 Å². The van der Waals surface area contributed by atoms with Gasteiger partial charge in [-0.25, -0.2) is 9.59 Å². The zero-order chi connectivity index (χ0) is 20.2. The Bertz CT molecular complexity index is 695. The van der Waals surface area contributed by atoms with Crippen molar-refractivity contribution in [1.82, 2.24) is 9.96 Å². The third kappa shape index (κ3) is 5.92. The van der Waals surface area contributed by atoms with Gasteiger partial charge in [0, 0.05) is 42.9 Å². The molecule has 1 saturated heterocycles. The fourth-order valence-corrected chi connectivity index (χ4v) is 3.09. The van der Waals surface area contributed by atoms with Gasteiger partial charge in [0.1, 0.15) is 0 Å². The Hall–Kier alpha value is -1.64. The van der Waals surface area contributed by atoms with Crippen LogP contribution in [0.3, 0.4) is 0 Å². The van der Waals surface area contributed by atoms with E-state index < -0.39 is 11.4 Å². The molecule has 2 rings (SSSR count). The number of anilines is 1. The largest absolute Gasteiger partial charge is 0.462 e. The Balaban J connectivity index is 1.94. The van der Waals surface area contributed by atoms with Gasteiger partial charge in [0.2, 0.25) is 0 Å². The van der Waals surface area contributed by atoms with Gasteiger partial charge in [-0.3, -0.25) is 4.90 Å². The van der Waals surface area contributed by atoms with E-state index in [1.54, 1.807) is 18.1 Å². The van der Waals surface area contributed by atoms with Crippen molar-refractivity contribution in [2.45, 2.75) is 34.2 Å². The second-order valence-corrected chi connectivity index (χ2v) is 8.44. The monoisotopic (exact) mass is 441 g/mol. The van der Waals surface area contributed by atoms with E-state index in [2.05, 4.69) is 20.8 Å². The molecule has 0 unspecified atom stereocenters. The highest BCUT2D eigenvalue weighted by molar-refractivity contribution is 9.10. The van der Waals surface area contributed by atoms with Crippen LogP contribution in [0.1, 0.15) is 43.6 Å². The number of rotatable bonds is 5. The van der Waals surface area contributed by atoms with E-state index in [0.717, 1.165) is 23.1 Å². The predicted molar refractivity (Wildman–Crippen MR) is 107 cm³/mol. The topological polar surface area (TPSA) is 85.1 Å². The molecule has 0 saturated carbocycles. The van der Waals surface area contributed by atoms with Crippen molar-refractivity contribution in [3.8, 4) is 0 Å². The number of carbonyl (C=O) groups excluding carboxylic acids is 2. The predicted octanol–water partition coefficient (Wildman–Crippen LogP) is 2.83. The number of hydrogen-bond donors (Lipinski definition) is 1. The molecule has 1 heterocycles. The Morgan fingerprint density at radius 2 is 1.81 bits per heavy atom. The molecule has 0 bridgehead atoms. The quantitative estimate of drug-likeness (QED) is 0.555. The van der Waals surface area contributed by atoms with E-state index in [1.807, 2.05) is 26.8 Å². The summed E-state index contributed by atoms with van der Waals surface area (Å²) in [7, 11) is 0. The summed E-state index contributed by atoms with van der Waals surface area (Å²) in [4.78, 5) is 31.6. The number of benzene rings is 1. The molecular weight excluding hydrogens is 414 g/mol. The van der Waals surface area contributed by atoms with Crippen LogP contribution in [0.15, 0.2) is 16.6 Å². The van der Waals surface area contributed by atoms with Crippen molar-refractivity contribution in [2.24, 2.45) is 5.41 Å². The van der Waals surface area contributed by atoms with Crippen LogP contribution in [0.5, 0.6) is 0 Å². The molecule has 0 aliphatic carbocycles. The van der Waals surface area contributed by atoms with E-state index in [1.165, 1.54) is 0 Å². The average molecular weight is 442 g/mol. The van der Waals surface area contributed by atoms with Crippen molar-refractivity contribution >= 4 is 33.6 Å². The Labute approximate surface area is 168 Å². The summed E-state index contributed by atoms with van der Waals surface area (Å²) in [5.74, 6) is -0.641. The van der Waals surface area contributed by atoms with Gasteiger partial charge in [0.25, 0.3) is 0 Å². The molecule has 0 aromatic heterocycles. The first-order chi connectivity index (χ1) is 12.6. The first-order valence-corrected chi connectivity index (χ1v) is 9.85. The van der Waals surface area contributed by atoms with Gasteiger partial charge in [0.05, 0.1) is 17.6 Å². The van der Waals surface area contributed by atoms with E-state index in [-0.39, 0.29) is 5.97 Å². The summed E-state index contributed by atoms with van der Waals surface area (Å²) in [6.45, 7) is 11.1. The average Bonchev–Trinajstić information content (AvgIpc) is 2.58. The Kier molecular flexibility index (Phi) is 7.25. The molecular formula is C19H28BrN3O4. The molecule has 0 atom stereocenters. The molecule has 7 nitrogen and oxygen atoms in total. The lowest BCUT2D eigenvalue weighted by atomic mass is 9.98. The molecule has 150 valence electrons. The molecule has 1 aliphatic heterocycles. The normalized spacial score (nSPS) is 16.2. The maximum Gasteiger partial charge on any atom is 0.340 e. The lowest BCUT2D eigenvalue weighted by Crippen LogP contribution is -2.47. The first-order valence-electron chi connectivity index (χ1n) is 9.06. The zero-order valence-corrected chi connectivity index (χ0v) is 18.0. The van der Waals surface area contributed by atoms with Crippen LogP contribution < -0.4 is 5.73 Å². The second kappa shape index (κ2) is 9.03. The van der Waals surface area contributed by atoms with Gasteiger partial charge < -0.3 is 15.3 Å². The van der Waals surface area contributed by atoms with Crippen LogP contribution in [0, 0.1) is 5.41 Å². The van der Waals surface area contributed by atoms with Gasteiger partial charge >= 0.3 is 11.9 Å². The van der Waals surface area contributed by atoms with Gasteiger partial charge in [-0.15, -0.1) is 5.06 Å². The molecule has 1 aromatic carbocycles. The van der Waals surface area contributed by atoms with E-state index in [0.29, 0.717) is 37.5 Å². The Morgan fingerprint density at radius 1 is 1.19 bits per heavy atom.